The van der Waals surface area contributed by atoms with Crippen molar-refractivity contribution in [1.29, 1.82) is 0 Å². The minimum atomic E-state index is -0.911. The van der Waals surface area contributed by atoms with Crippen LogP contribution in [0.15, 0.2) is 18.2 Å². The number of benzene rings is 1. The molecular weight excluding hydrogens is 324 g/mol. The van der Waals surface area contributed by atoms with Crippen LogP contribution in [0.1, 0.15) is 31.7 Å². The summed E-state index contributed by atoms with van der Waals surface area (Å²) in [6.07, 6.45) is 2.04. The number of hydrogen-bond acceptors (Lipinski definition) is 4. The van der Waals surface area contributed by atoms with Gasteiger partial charge in [0, 0.05) is 32.1 Å². The molecule has 0 aromatic heterocycles. The summed E-state index contributed by atoms with van der Waals surface area (Å²) in [5.74, 6) is -0.839. The van der Waals surface area contributed by atoms with Gasteiger partial charge in [0.1, 0.15) is 5.75 Å². The summed E-state index contributed by atoms with van der Waals surface area (Å²) in [5.41, 5.74) is 1.88. The number of carbonyl (C=O) groups is 3. The van der Waals surface area contributed by atoms with Gasteiger partial charge < -0.3 is 20.1 Å². The lowest BCUT2D eigenvalue weighted by Crippen LogP contribution is -2.33. The van der Waals surface area contributed by atoms with Gasteiger partial charge in [0.05, 0.1) is 12.5 Å². The molecule has 2 rings (SSSR count). The van der Waals surface area contributed by atoms with Gasteiger partial charge in [0.25, 0.3) is 0 Å². The van der Waals surface area contributed by atoms with Gasteiger partial charge >= 0.3 is 5.97 Å². The van der Waals surface area contributed by atoms with Crippen LogP contribution in [-0.2, 0) is 20.8 Å². The molecule has 1 heterocycles. The minimum absolute atomic E-state index is 0.0287. The predicted octanol–water partition coefficient (Wildman–Crippen LogP) is 1.91. The maximum Gasteiger partial charge on any atom is 0.308 e. The number of rotatable bonds is 8. The molecule has 0 fully saturated rings. The summed E-state index contributed by atoms with van der Waals surface area (Å²) in [7, 11) is 1.61. The second-order valence-electron chi connectivity index (χ2n) is 6.33. The molecule has 2 amide bonds. The van der Waals surface area contributed by atoms with Crippen LogP contribution < -0.4 is 10.1 Å². The van der Waals surface area contributed by atoms with Crippen LogP contribution in [0.3, 0.4) is 0 Å². The van der Waals surface area contributed by atoms with Crippen molar-refractivity contribution in [2.45, 2.75) is 32.6 Å². The molecule has 1 aromatic rings. The van der Waals surface area contributed by atoms with Crippen LogP contribution in [-0.4, -0.2) is 48.0 Å². The van der Waals surface area contributed by atoms with E-state index in [4.69, 9.17) is 9.84 Å². The lowest BCUT2D eigenvalue weighted by atomic mass is 10.0. The Kier molecular flexibility index (Phi) is 6.38. The number of ether oxygens (including phenoxy) is 1. The smallest absolute Gasteiger partial charge is 0.308 e. The molecule has 0 radical (unpaired) electrons. The van der Waals surface area contributed by atoms with E-state index < -0.39 is 11.9 Å². The molecule has 0 saturated carbocycles. The van der Waals surface area contributed by atoms with Gasteiger partial charge in [-0.2, -0.15) is 0 Å². The Balaban J connectivity index is 1.73. The van der Waals surface area contributed by atoms with E-state index in [0.717, 1.165) is 17.0 Å². The van der Waals surface area contributed by atoms with E-state index in [-0.39, 0.29) is 18.4 Å². The number of aryl methyl sites for hydroxylation is 1. The summed E-state index contributed by atoms with van der Waals surface area (Å²) in [5, 5.41) is 11.7. The predicted molar refractivity (Wildman–Crippen MR) is 92.6 cm³/mol. The Hall–Kier alpha value is -2.57. The molecule has 0 aliphatic carbocycles. The highest BCUT2D eigenvalue weighted by atomic mass is 16.5. The summed E-state index contributed by atoms with van der Waals surface area (Å²) >= 11 is 0. The molecular formula is C18H24N2O5. The fourth-order valence-electron chi connectivity index (χ4n) is 2.64. The molecule has 136 valence electrons. The molecule has 7 nitrogen and oxygen atoms in total. The standard InChI is InChI=1S/C18H24N2O5/c1-12(18(23)24)11-20(2)17(22)4-3-9-25-14-6-7-15-13(10-14)5-8-16(21)19-15/h6-7,10,12H,3-5,8-9,11H2,1-2H3,(H,19,21)(H,23,24). The number of hydrogen-bond donors (Lipinski definition) is 2. The number of carboxylic acids is 1. The molecule has 1 aliphatic rings. The molecule has 1 unspecified atom stereocenters. The Morgan fingerprint density at radius 3 is 2.84 bits per heavy atom. The highest BCUT2D eigenvalue weighted by molar-refractivity contribution is 5.94. The third-order valence-corrected chi connectivity index (χ3v) is 4.17. The fourth-order valence-corrected chi connectivity index (χ4v) is 2.64. The van der Waals surface area contributed by atoms with Crippen molar-refractivity contribution < 1.29 is 24.2 Å². The van der Waals surface area contributed by atoms with Gasteiger partial charge in [0.15, 0.2) is 0 Å². The van der Waals surface area contributed by atoms with Crippen molar-refractivity contribution in [1.82, 2.24) is 4.90 Å². The highest BCUT2D eigenvalue weighted by Crippen LogP contribution is 2.26. The third-order valence-electron chi connectivity index (χ3n) is 4.17. The largest absolute Gasteiger partial charge is 0.494 e. The number of carboxylic acid groups (broad SMARTS) is 1. The van der Waals surface area contributed by atoms with Crippen LogP contribution in [0, 0.1) is 5.92 Å². The van der Waals surface area contributed by atoms with Crippen LogP contribution in [0.2, 0.25) is 0 Å². The number of aliphatic carboxylic acids is 1. The second-order valence-corrected chi connectivity index (χ2v) is 6.33. The zero-order valence-corrected chi connectivity index (χ0v) is 14.6. The fraction of sp³-hybridized carbons (Fsp3) is 0.500. The third kappa shape index (κ3) is 5.48. The summed E-state index contributed by atoms with van der Waals surface area (Å²) in [6, 6.07) is 5.54. The zero-order valence-electron chi connectivity index (χ0n) is 14.6. The SMILES string of the molecule is CC(CN(C)C(=O)CCCOc1ccc2c(c1)CCC(=O)N2)C(=O)O. The first-order valence-electron chi connectivity index (χ1n) is 8.39. The Labute approximate surface area is 147 Å². The van der Waals surface area contributed by atoms with E-state index in [9.17, 15) is 14.4 Å². The first-order chi connectivity index (χ1) is 11.9. The number of nitrogens with one attached hydrogen (secondary N) is 1. The summed E-state index contributed by atoms with van der Waals surface area (Å²) in [6.45, 7) is 2.18. The highest BCUT2D eigenvalue weighted by Gasteiger charge is 2.17. The molecule has 1 aliphatic heterocycles. The second kappa shape index (κ2) is 8.50. The first-order valence-corrected chi connectivity index (χ1v) is 8.39. The molecule has 0 bridgehead atoms. The average molecular weight is 348 g/mol. The van der Waals surface area contributed by atoms with Gasteiger partial charge in [-0.05, 0) is 36.6 Å². The molecule has 1 atom stereocenters. The Morgan fingerprint density at radius 2 is 2.12 bits per heavy atom. The number of nitrogens with zero attached hydrogens (tertiary/aromatic N) is 1. The maximum absolute atomic E-state index is 12.0. The van der Waals surface area contributed by atoms with Crippen molar-refractivity contribution >= 4 is 23.5 Å². The van der Waals surface area contributed by atoms with Gasteiger partial charge in [-0.25, -0.2) is 0 Å². The Morgan fingerprint density at radius 1 is 1.36 bits per heavy atom. The summed E-state index contributed by atoms with van der Waals surface area (Å²) in [4.78, 5) is 35.6. The quantitative estimate of drug-likeness (QED) is 0.700. The number of carbonyl (C=O) groups excluding carboxylic acids is 2. The average Bonchev–Trinajstić information content (AvgIpc) is 2.58. The first kappa shape index (κ1) is 18.8. The van der Waals surface area contributed by atoms with Crippen molar-refractivity contribution in [3.63, 3.8) is 0 Å². The zero-order chi connectivity index (χ0) is 18.4. The van der Waals surface area contributed by atoms with Crippen LogP contribution in [0.4, 0.5) is 5.69 Å². The van der Waals surface area contributed by atoms with Gasteiger partial charge in [-0.3, -0.25) is 14.4 Å². The summed E-state index contributed by atoms with van der Waals surface area (Å²) < 4.78 is 5.67. The lowest BCUT2D eigenvalue weighted by molar-refractivity contribution is -0.142. The van der Waals surface area contributed by atoms with E-state index in [0.29, 0.717) is 32.3 Å². The normalized spacial score (nSPS) is 14.2. The molecule has 1 aromatic carbocycles. The van der Waals surface area contributed by atoms with Crippen molar-refractivity contribution in [3.8, 4) is 5.75 Å². The molecule has 0 spiro atoms. The van der Waals surface area contributed by atoms with E-state index >= 15 is 0 Å². The molecule has 25 heavy (non-hydrogen) atoms. The van der Waals surface area contributed by atoms with Crippen LogP contribution >= 0.6 is 0 Å². The van der Waals surface area contributed by atoms with E-state index in [1.165, 1.54) is 4.90 Å². The van der Waals surface area contributed by atoms with Crippen molar-refractivity contribution in [2.75, 3.05) is 25.5 Å². The van der Waals surface area contributed by atoms with Gasteiger partial charge in [-0.1, -0.05) is 6.92 Å². The topological polar surface area (TPSA) is 95.9 Å². The molecule has 2 N–H and O–H groups in total. The van der Waals surface area contributed by atoms with Crippen LogP contribution in [0.5, 0.6) is 5.75 Å². The number of fused-ring (bicyclic) bond motifs is 1. The molecule has 7 heteroatoms. The molecule has 0 saturated heterocycles. The Bertz CT molecular complexity index is 659. The number of anilines is 1. The van der Waals surface area contributed by atoms with Crippen LogP contribution in [0.25, 0.3) is 0 Å². The lowest BCUT2D eigenvalue weighted by Gasteiger charge is -2.19. The van der Waals surface area contributed by atoms with Crippen molar-refractivity contribution in [2.24, 2.45) is 5.92 Å². The minimum Gasteiger partial charge on any atom is -0.494 e. The van der Waals surface area contributed by atoms with E-state index in [2.05, 4.69) is 5.32 Å². The maximum atomic E-state index is 12.0. The van der Waals surface area contributed by atoms with Gasteiger partial charge in [0.2, 0.25) is 11.8 Å². The monoisotopic (exact) mass is 348 g/mol. The van der Waals surface area contributed by atoms with Gasteiger partial charge in [-0.15, -0.1) is 0 Å². The van der Waals surface area contributed by atoms with Crippen molar-refractivity contribution in [3.05, 3.63) is 23.8 Å². The number of amides is 2. The van der Waals surface area contributed by atoms with E-state index in [1.54, 1.807) is 20.0 Å². The van der Waals surface area contributed by atoms with E-state index in [1.807, 2.05) is 12.1 Å².